The minimum atomic E-state index is -1.89. The number of hydrogen-bond donors (Lipinski definition) is 2. The van der Waals surface area contributed by atoms with Gasteiger partial charge in [-0.2, -0.15) is 0 Å². The number of ketones is 1. The van der Waals surface area contributed by atoms with Gasteiger partial charge < -0.3 is 10.2 Å². The number of hydrogen-bond acceptors (Lipinski definition) is 3. The first-order valence-electron chi connectivity index (χ1n) is 3.84. The van der Waals surface area contributed by atoms with Crippen LogP contribution in [0.5, 0.6) is 0 Å². The molecule has 0 aromatic heterocycles. The number of aromatic carboxylic acids is 1. The van der Waals surface area contributed by atoms with Crippen LogP contribution in [-0.2, 0) is 4.79 Å². The molecule has 0 heterocycles. The van der Waals surface area contributed by atoms with Gasteiger partial charge in [-0.15, -0.1) is 0 Å². The lowest BCUT2D eigenvalue weighted by Gasteiger charge is -2.02. The molecule has 0 spiro atoms. The van der Waals surface area contributed by atoms with Crippen molar-refractivity contribution in [2.75, 3.05) is 0 Å². The van der Waals surface area contributed by atoms with E-state index in [0.717, 1.165) is 0 Å². The molecule has 0 saturated carbocycles. The lowest BCUT2D eigenvalue weighted by atomic mass is 10.1. The fourth-order valence-electron chi connectivity index (χ4n) is 0.999. The number of Topliss-reactive ketones (excluding diaryl/α,β-unsaturated/α-hetero) is 1. The summed E-state index contributed by atoms with van der Waals surface area (Å²) in [6.45, 7) is 0. The number of carbonyl (C=O) groups excluding carboxylic acids is 1. The highest BCUT2D eigenvalue weighted by Gasteiger charge is 2.22. The summed E-state index contributed by atoms with van der Waals surface area (Å²) < 4.78 is 25.7. The number of benzene rings is 1. The number of carboxylic acids is 2. The summed E-state index contributed by atoms with van der Waals surface area (Å²) in [5, 5.41) is 16.8. The predicted octanol–water partition coefficient (Wildman–Crippen LogP) is 0.930. The molecule has 1 rings (SSSR count). The van der Waals surface area contributed by atoms with Crippen molar-refractivity contribution >= 4 is 17.7 Å². The molecule has 16 heavy (non-hydrogen) atoms. The maximum Gasteiger partial charge on any atom is 0.377 e. The van der Waals surface area contributed by atoms with Crippen LogP contribution < -0.4 is 0 Å². The molecule has 0 aliphatic rings. The van der Waals surface area contributed by atoms with Gasteiger partial charge in [0.1, 0.15) is 0 Å². The Hall–Kier alpha value is -2.31. The SMILES string of the molecule is O=C(O)C(=O)c1cc(F)c(F)c(C(=O)O)c1. The lowest BCUT2D eigenvalue weighted by Crippen LogP contribution is -2.15. The van der Waals surface area contributed by atoms with Crippen molar-refractivity contribution in [1.29, 1.82) is 0 Å². The van der Waals surface area contributed by atoms with Gasteiger partial charge in [-0.05, 0) is 12.1 Å². The van der Waals surface area contributed by atoms with Crippen molar-refractivity contribution in [3.05, 3.63) is 34.9 Å². The van der Waals surface area contributed by atoms with E-state index in [0.29, 0.717) is 12.1 Å². The summed E-state index contributed by atoms with van der Waals surface area (Å²) >= 11 is 0. The summed E-state index contributed by atoms with van der Waals surface area (Å²) in [5.41, 5.74) is -1.83. The zero-order valence-corrected chi connectivity index (χ0v) is 7.53. The van der Waals surface area contributed by atoms with Crippen LogP contribution in [0.2, 0.25) is 0 Å². The van der Waals surface area contributed by atoms with Crippen LogP contribution in [0.3, 0.4) is 0 Å². The van der Waals surface area contributed by atoms with Crippen molar-refractivity contribution in [1.82, 2.24) is 0 Å². The first-order chi connectivity index (χ1) is 7.34. The average molecular weight is 230 g/mol. The van der Waals surface area contributed by atoms with Crippen LogP contribution in [0.4, 0.5) is 8.78 Å². The topological polar surface area (TPSA) is 91.7 Å². The lowest BCUT2D eigenvalue weighted by molar-refractivity contribution is -0.131. The maximum absolute atomic E-state index is 12.9. The third-order valence-corrected chi connectivity index (χ3v) is 1.72. The molecule has 1 aromatic carbocycles. The normalized spacial score (nSPS) is 9.88. The van der Waals surface area contributed by atoms with Crippen molar-refractivity contribution in [3.8, 4) is 0 Å². The third kappa shape index (κ3) is 2.02. The summed E-state index contributed by atoms with van der Waals surface area (Å²) in [4.78, 5) is 31.6. The Bertz CT molecular complexity index is 495. The first-order valence-corrected chi connectivity index (χ1v) is 3.84. The minimum Gasteiger partial charge on any atom is -0.478 e. The largest absolute Gasteiger partial charge is 0.478 e. The Kier molecular flexibility index (Phi) is 2.98. The summed E-state index contributed by atoms with van der Waals surface area (Å²) in [6, 6.07) is 0.801. The number of aliphatic carboxylic acids is 1. The molecule has 0 aliphatic heterocycles. The van der Waals surface area contributed by atoms with Gasteiger partial charge in [0.15, 0.2) is 11.6 Å². The number of carbonyl (C=O) groups is 3. The monoisotopic (exact) mass is 230 g/mol. The van der Waals surface area contributed by atoms with Gasteiger partial charge in [-0.3, -0.25) is 4.79 Å². The molecule has 0 fully saturated rings. The van der Waals surface area contributed by atoms with Crippen LogP contribution in [-0.4, -0.2) is 27.9 Å². The molecule has 0 aliphatic carbocycles. The first kappa shape index (κ1) is 11.8. The zero-order valence-electron chi connectivity index (χ0n) is 7.53. The molecule has 7 heteroatoms. The molecule has 0 saturated heterocycles. The van der Waals surface area contributed by atoms with Crippen LogP contribution in [0.25, 0.3) is 0 Å². The highest BCUT2D eigenvalue weighted by Crippen LogP contribution is 2.15. The van der Waals surface area contributed by atoms with Crippen molar-refractivity contribution < 1.29 is 33.4 Å². The zero-order chi connectivity index (χ0) is 12.5. The van der Waals surface area contributed by atoms with E-state index in [1.165, 1.54) is 0 Å². The van der Waals surface area contributed by atoms with Gasteiger partial charge in [-0.25, -0.2) is 18.4 Å². The third-order valence-electron chi connectivity index (χ3n) is 1.72. The summed E-state index contributed by atoms with van der Waals surface area (Å²) in [7, 11) is 0. The Morgan fingerprint density at radius 1 is 1.06 bits per heavy atom. The smallest absolute Gasteiger partial charge is 0.377 e. The van der Waals surface area contributed by atoms with Crippen LogP contribution in [0.15, 0.2) is 12.1 Å². The molecule has 0 radical (unpaired) electrons. The molecule has 5 nitrogen and oxygen atoms in total. The van der Waals surface area contributed by atoms with E-state index in [1.54, 1.807) is 0 Å². The Balaban J connectivity index is 3.40. The fourth-order valence-corrected chi connectivity index (χ4v) is 0.999. The van der Waals surface area contributed by atoms with E-state index in [2.05, 4.69) is 0 Å². The van der Waals surface area contributed by atoms with Gasteiger partial charge in [0.2, 0.25) is 0 Å². The predicted molar refractivity (Wildman–Crippen MR) is 45.3 cm³/mol. The Morgan fingerprint density at radius 2 is 1.62 bits per heavy atom. The molecule has 2 N–H and O–H groups in total. The van der Waals surface area contributed by atoms with E-state index in [9.17, 15) is 23.2 Å². The second-order valence-corrected chi connectivity index (χ2v) is 2.76. The van der Waals surface area contributed by atoms with Crippen LogP contribution in [0, 0.1) is 11.6 Å². The molecular formula is C9H4F2O5. The number of halogens is 2. The molecule has 0 atom stereocenters. The Labute approximate surface area is 86.9 Å². The second-order valence-electron chi connectivity index (χ2n) is 2.76. The average Bonchev–Trinajstić information content (AvgIpc) is 2.20. The molecule has 1 aromatic rings. The Morgan fingerprint density at radius 3 is 2.06 bits per heavy atom. The number of carboxylic acid groups (broad SMARTS) is 2. The minimum absolute atomic E-state index is 0.332. The van der Waals surface area contributed by atoms with E-state index >= 15 is 0 Å². The standard InChI is InChI=1S/C9H4F2O5/c10-5-2-3(7(12)9(15)16)1-4(6(5)11)8(13)14/h1-2H,(H,13,14)(H,15,16). The van der Waals surface area contributed by atoms with E-state index in [-0.39, 0.29) is 0 Å². The van der Waals surface area contributed by atoms with Crippen molar-refractivity contribution in [2.24, 2.45) is 0 Å². The highest BCUT2D eigenvalue weighted by molar-refractivity contribution is 6.40. The maximum atomic E-state index is 12.9. The summed E-state index contributed by atoms with van der Waals surface area (Å²) in [6.07, 6.45) is 0. The quantitative estimate of drug-likeness (QED) is 0.595. The highest BCUT2D eigenvalue weighted by atomic mass is 19.2. The van der Waals surface area contributed by atoms with E-state index in [4.69, 9.17) is 10.2 Å². The van der Waals surface area contributed by atoms with E-state index < -0.39 is 40.5 Å². The fraction of sp³-hybridized carbons (Fsp3) is 0. The van der Waals surface area contributed by atoms with Gasteiger partial charge in [0.05, 0.1) is 5.56 Å². The number of rotatable bonds is 3. The molecule has 0 unspecified atom stereocenters. The van der Waals surface area contributed by atoms with Crippen molar-refractivity contribution in [3.63, 3.8) is 0 Å². The van der Waals surface area contributed by atoms with Gasteiger partial charge in [-0.1, -0.05) is 0 Å². The van der Waals surface area contributed by atoms with Gasteiger partial charge in [0, 0.05) is 5.56 Å². The van der Waals surface area contributed by atoms with Crippen LogP contribution >= 0.6 is 0 Å². The molecule has 0 amide bonds. The van der Waals surface area contributed by atoms with Crippen molar-refractivity contribution in [2.45, 2.75) is 0 Å². The second kappa shape index (κ2) is 4.05. The molecule has 0 bridgehead atoms. The van der Waals surface area contributed by atoms with Crippen LogP contribution in [0.1, 0.15) is 20.7 Å². The van der Waals surface area contributed by atoms with E-state index in [1.807, 2.05) is 0 Å². The summed E-state index contributed by atoms with van der Waals surface area (Å²) in [5.74, 6) is -8.43. The molecular weight excluding hydrogens is 226 g/mol. The van der Waals surface area contributed by atoms with Gasteiger partial charge in [0.25, 0.3) is 5.78 Å². The van der Waals surface area contributed by atoms with Gasteiger partial charge >= 0.3 is 11.9 Å². The molecule has 84 valence electrons.